The van der Waals surface area contributed by atoms with E-state index in [0.29, 0.717) is 11.3 Å². The number of aliphatic hydroxyl groups excluding tert-OH is 1. The second-order valence-electron chi connectivity index (χ2n) is 7.01. The number of rotatable bonds is 7. The van der Waals surface area contributed by atoms with Crippen molar-refractivity contribution in [3.8, 4) is 0 Å². The van der Waals surface area contributed by atoms with E-state index in [1.807, 2.05) is 25.9 Å². The Balaban J connectivity index is 1.89. The number of carbonyl (C=O) groups excluding carboxylic acids is 1. The lowest BCUT2D eigenvalue weighted by Crippen LogP contribution is -2.42. The zero-order chi connectivity index (χ0) is 18.4. The fraction of sp³-hybridized carbons (Fsp3) is 0.400. The van der Waals surface area contributed by atoms with Crippen molar-refractivity contribution in [1.29, 1.82) is 0 Å². The quantitative estimate of drug-likeness (QED) is 0.665. The molecule has 2 unspecified atom stereocenters. The molecule has 1 aromatic rings. The van der Waals surface area contributed by atoms with Crippen LogP contribution in [0.2, 0.25) is 0 Å². The molecule has 4 nitrogen and oxygen atoms in total. The van der Waals surface area contributed by atoms with Crippen LogP contribution in [0.25, 0.3) is 0 Å². The molecule has 0 heterocycles. The molecule has 2 atom stereocenters. The first-order valence-corrected chi connectivity index (χ1v) is 8.40. The molecule has 25 heavy (non-hydrogen) atoms. The van der Waals surface area contributed by atoms with Crippen LogP contribution in [-0.2, 0) is 4.79 Å². The molecule has 0 spiro atoms. The highest BCUT2D eigenvalue weighted by atomic mass is 19.1. The van der Waals surface area contributed by atoms with E-state index in [1.165, 1.54) is 6.07 Å². The van der Waals surface area contributed by atoms with Gasteiger partial charge in [0, 0.05) is 34.8 Å². The summed E-state index contributed by atoms with van der Waals surface area (Å²) >= 11 is 0. The lowest BCUT2D eigenvalue weighted by Gasteiger charge is -2.29. The Morgan fingerprint density at radius 2 is 2.12 bits per heavy atom. The first-order valence-electron chi connectivity index (χ1n) is 8.40. The van der Waals surface area contributed by atoms with E-state index in [1.54, 1.807) is 30.4 Å². The topological polar surface area (TPSA) is 75.4 Å². The minimum absolute atomic E-state index is 0.0117. The predicted molar refractivity (Wildman–Crippen MR) is 96.8 cm³/mol. The average molecular weight is 344 g/mol. The number of hydrogen-bond acceptors (Lipinski definition) is 4. The van der Waals surface area contributed by atoms with Gasteiger partial charge in [0.15, 0.2) is 0 Å². The molecular formula is C20H25FN2O2. The van der Waals surface area contributed by atoms with E-state index in [2.05, 4.69) is 5.32 Å². The summed E-state index contributed by atoms with van der Waals surface area (Å²) in [6.45, 7) is 4.28. The lowest BCUT2D eigenvalue weighted by atomic mass is 9.86. The van der Waals surface area contributed by atoms with Crippen LogP contribution in [-0.4, -0.2) is 23.1 Å². The largest absolute Gasteiger partial charge is 0.399 e. The summed E-state index contributed by atoms with van der Waals surface area (Å²) in [6, 6.07) is 6.22. The van der Waals surface area contributed by atoms with Crippen LogP contribution in [0, 0.1) is 11.7 Å². The monoisotopic (exact) mass is 344 g/mol. The average Bonchev–Trinajstić information content (AvgIpc) is 2.59. The van der Waals surface area contributed by atoms with Crippen molar-refractivity contribution in [2.45, 2.75) is 38.3 Å². The van der Waals surface area contributed by atoms with Crippen molar-refractivity contribution < 1.29 is 14.3 Å². The minimum atomic E-state index is -0.914. The fourth-order valence-corrected chi connectivity index (χ4v) is 2.86. The van der Waals surface area contributed by atoms with Crippen LogP contribution in [0.15, 0.2) is 53.8 Å². The van der Waals surface area contributed by atoms with Gasteiger partial charge in [0.2, 0.25) is 0 Å². The van der Waals surface area contributed by atoms with Gasteiger partial charge in [-0.05, 0) is 44.9 Å². The van der Waals surface area contributed by atoms with Gasteiger partial charge in [0.05, 0.1) is 6.10 Å². The zero-order valence-electron chi connectivity index (χ0n) is 14.6. The van der Waals surface area contributed by atoms with Crippen LogP contribution in [0.1, 0.15) is 38.4 Å². The molecule has 0 aromatic heterocycles. The van der Waals surface area contributed by atoms with Crippen molar-refractivity contribution in [1.82, 2.24) is 5.32 Å². The molecule has 0 radical (unpaired) electrons. The summed E-state index contributed by atoms with van der Waals surface area (Å²) < 4.78 is 13.7. The number of aliphatic hydroxyl groups is 1. The van der Waals surface area contributed by atoms with Gasteiger partial charge < -0.3 is 16.2 Å². The number of nitrogens with two attached hydrogens (primary N) is 1. The molecule has 1 aliphatic rings. The Labute approximate surface area is 147 Å². The Bertz CT molecular complexity index is 718. The second-order valence-corrected chi connectivity index (χ2v) is 7.01. The van der Waals surface area contributed by atoms with Crippen molar-refractivity contribution in [2.24, 2.45) is 11.7 Å². The molecule has 2 rings (SSSR count). The van der Waals surface area contributed by atoms with Gasteiger partial charge >= 0.3 is 0 Å². The van der Waals surface area contributed by atoms with Gasteiger partial charge in [-0.15, -0.1) is 0 Å². The summed E-state index contributed by atoms with van der Waals surface area (Å²) in [5, 5.41) is 13.5. The van der Waals surface area contributed by atoms with Gasteiger partial charge in [-0.1, -0.05) is 24.3 Å². The molecule has 1 aliphatic carbocycles. The molecule has 0 bridgehead atoms. The maximum atomic E-state index is 13.7. The summed E-state index contributed by atoms with van der Waals surface area (Å²) in [5.41, 5.74) is 6.82. The zero-order valence-corrected chi connectivity index (χ0v) is 14.6. The van der Waals surface area contributed by atoms with E-state index in [4.69, 9.17) is 5.73 Å². The van der Waals surface area contributed by atoms with Crippen LogP contribution < -0.4 is 11.1 Å². The number of halogens is 1. The van der Waals surface area contributed by atoms with E-state index in [0.717, 1.165) is 12.8 Å². The lowest BCUT2D eigenvalue weighted by molar-refractivity contribution is 0.154. The Hall–Kier alpha value is -2.20. The number of allylic oxidation sites excluding steroid dienone is 4. The van der Waals surface area contributed by atoms with E-state index in [-0.39, 0.29) is 23.6 Å². The number of hydrogen-bond donors (Lipinski definition) is 3. The smallest absolute Gasteiger partial charge is 0.129 e. The third-order valence-electron chi connectivity index (χ3n) is 4.48. The molecule has 0 saturated heterocycles. The molecule has 134 valence electrons. The van der Waals surface area contributed by atoms with Gasteiger partial charge in [0.25, 0.3) is 0 Å². The first kappa shape index (κ1) is 19.1. The van der Waals surface area contributed by atoms with Crippen LogP contribution in [0.5, 0.6) is 0 Å². The molecule has 5 heteroatoms. The Morgan fingerprint density at radius 1 is 1.40 bits per heavy atom. The van der Waals surface area contributed by atoms with E-state index >= 15 is 0 Å². The normalized spacial score (nSPS) is 18.6. The molecule has 1 aromatic carbocycles. The number of nitrogens with one attached hydrogen (secondary N) is 1. The van der Waals surface area contributed by atoms with E-state index < -0.39 is 11.9 Å². The van der Waals surface area contributed by atoms with Gasteiger partial charge in [-0.2, -0.15) is 0 Å². The maximum absolute atomic E-state index is 13.7. The highest BCUT2D eigenvalue weighted by Gasteiger charge is 2.23. The molecule has 0 saturated carbocycles. The van der Waals surface area contributed by atoms with Crippen LogP contribution >= 0.6 is 0 Å². The SMILES string of the molecule is CC(C)(CCC1C=CC(N)=CC1=C=O)NCC(O)c1ccccc1F. The molecule has 4 N–H and O–H groups in total. The van der Waals surface area contributed by atoms with Crippen molar-refractivity contribution >= 4 is 5.94 Å². The highest BCUT2D eigenvalue weighted by Crippen LogP contribution is 2.26. The number of β-amino-alcohol motifs (C(OH)–C–C–N with tert-alkyl or cyclic N) is 1. The molecular weight excluding hydrogens is 319 g/mol. The number of benzene rings is 1. The van der Waals surface area contributed by atoms with Gasteiger partial charge in [0.1, 0.15) is 11.8 Å². The molecule has 0 amide bonds. The standard InChI is InChI=1S/C20H25FN2O2/c1-20(2,10-9-14-7-8-16(22)11-15(14)13-24)23-12-19(25)17-5-3-4-6-18(17)21/h3-8,11,14,19,23,25H,9-10,12,22H2,1-2H3. The summed E-state index contributed by atoms with van der Waals surface area (Å²) in [7, 11) is 0. The van der Waals surface area contributed by atoms with Gasteiger partial charge in [-0.3, -0.25) is 0 Å². The minimum Gasteiger partial charge on any atom is -0.399 e. The first-order chi connectivity index (χ1) is 11.8. The molecule has 0 aliphatic heterocycles. The second kappa shape index (κ2) is 8.26. The third kappa shape index (κ3) is 5.40. The summed E-state index contributed by atoms with van der Waals surface area (Å²) in [4.78, 5) is 11.1. The van der Waals surface area contributed by atoms with Crippen molar-refractivity contribution in [2.75, 3.05) is 6.54 Å². The maximum Gasteiger partial charge on any atom is 0.129 e. The summed E-state index contributed by atoms with van der Waals surface area (Å²) in [5.74, 6) is 1.53. The Kier molecular flexibility index (Phi) is 6.32. The van der Waals surface area contributed by atoms with Crippen LogP contribution in [0.4, 0.5) is 4.39 Å². The highest BCUT2D eigenvalue weighted by molar-refractivity contribution is 5.61. The van der Waals surface area contributed by atoms with Crippen molar-refractivity contribution in [3.63, 3.8) is 0 Å². The fourth-order valence-electron chi connectivity index (χ4n) is 2.86. The van der Waals surface area contributed by atoms with E-state index in [9.17, 15) is 14.3 Å². The predicted octanol–water partition coefficient (Wildman–Crippen LogP) is 2.79. The van der Waals surface area contributed by atoms with Gasteiger partial charge in [-0.25, -0.2) is 9.18 Å². The van der Waals surface area contributed by atoms with Crippen LogP contribution in [0.3, 0.4) is 0 Å². The third-order valence-corrected chi connectivity index (χ3v) is 4.48. The molecule has 0 fully saturated rings. The summed E-state index contributed by atoms with van der Waals surface area (Å²) in [6.07, 6.45) is 5.97. The Morgan fingerprint density at radius 3 is 2.80 bits per heavy atom. The van der Waals surface area contributed by atoms with Crippen molar-refractivity contribution in [3.05, 3.63) is 65.1 Å².